The van der Waals surface area contributed by atoms with Crippen LogP contribution in [0.5, 0.6) is 0 Å². The van der Waals surface area contributed by atoms with Gasteiger partial charge < -0.3 is 14.7 Å². The summed E-state index contributed by atoms with van der Waals surface area (Å²) in [6.07, 6.45) is 0. The van der Waals surface area contributed by atoms with Crippen molar-refractivity contribution in [2.24, 2.45) is 5.92 Å². The van der Waals surface area contributed by atoms with Crippen molar-refractivity contribution in [3.63, 3.8) is 0 Å². The van der Waals surface area contributed by atoms with Gasteiger partial charge in [0, 0.05) is 0 Å². The number of hydrogen-bond acceptors (Lipinski definition) is 3. The Hall–Kier alpha value is -1.59. The van der Waals surface area contributed by atoms with Crippen molar-refractivity contribution < 1.29 is 4.42 Å². The van der Waals surface area contributed by atoms with Crippen LogP contribution in [0.3, 0.4) is 0 Å². The van der Waals surface area contributed by atoms with Crippen LogP contribution in [0.15, 0.2) is 45.5 Å². The van der Waals surface area contributed by atoms with Crippen molar-refractivity contribution in [1.82, 2.24) is 15.3 Å². The maximum Gasteiger partial charge on any atom is 0.169 e. The molecule has 110 valence electrons. The average molecular weight is 348 g/mol. The highest BCUT2D eigenvalue weighted by atomic mass is 79.9. The summed E-state index contributed by atoms with van der Waals surface area (Å²) in [7, 11) is 0. The van der Waals surface area contributed by atoms with Crippen molar-refractivity contribution in [2.75, 3.05) is 0 Å². The van der Waals surface area contributed by atoms with Crippen LogP contribution in [0, 0.1) is 5.92 Å². The molecule has 0 amide bonds. The zero-order valence-electron chi connectivity index (χ0n) is 12.1. The van der Waals surface area contributed by atoms with Gasteiger partial charge in [-0.1, -0.05) is 26.0 Å². The molecule has 1 aromatic carbocycles. The van der Waals surface area contributed by atoms with E-state index in [4.69, 9.17) is 9.40 Å². The molecule has 0 aliphatic heterocycles. The van der Waals surface area contributed by atoms with Crippen LogP contribution in [0.4, 0.5) is 0 Å². The highest BCUT2D eigenvalue weighted by Crippen LogP contribution is 2.23. The first-order chi connectivity index (χ1) is 10.1. The molecular weight excluding hydrogens is 330 g/mol. The van der Waals surface area contributed by atoms with Crippen molar-refractivity contribution in [3.05, 3.63) is 52.7 Å². The van der Waals surface area contributed by atoms with E-state index in [1.165, 1.54) is 0 Å². The van der Waals surface area contributed by atoms with Crippen LogP contribution in [0.1, 0.15) is 31.5 Å². The van der Waals surface area contributed by atoms with E-state index in [0.717, 1.165) is 27.3 Å². The first-order valence-electron chi connectivity index (χ1n) is 7.05. The lowest BCUT2D eigenvalue weighted by Crippen LogP contribution is -2.26. The predicted molar refractivity (Wildman–Crippen MR) is 86.9 cm³/mol. The quantitative estimate of drug-likeness (QED) is 0.718. The third-order valence-corrected chi connectivity index (χ3v) is 3.92. The Morgan fingerprint density at radius 2 is 2.05 bits per heavy atom. The average Bonchev–Trinajstić information content (AvgIpc) is 3.04. The van der Waals surface area contributed by atoms with Gasteiger partial charge in [0.25, 0.3) is 0 Å². The Morgan fingerprint density at radius 1 is 1.24 bits per heavy atom. The molecule has 21 heavy (non-hydrogen) atoms. The highest BCUT2D eigenvalue weighted by molar-refractivity contribution is 9.10. The Labute approximate surface area is 132 Å². The number of benzene rings is 1. The summed E-state index contributed by atoms with van der Waals surface area (Å²) in [4.78, 5) is 8.10. The third-order valence-electron chi connectivity index (χ3n) is 3.49. The SMILES string of the molecule is CC(C)C(NCc1ccc(Br)o1)c1nc2ccccc2[nH]1. The normalized spacial score (nSPS) is 13.1. The van der Waals surface area contributed by atoms with Crippen molar-refractivity contribution in [2.45, 2.75) is 26.4 Å². The lowest BCUT2D eigenvalue weighted by Gasteiger charge is -2.19. The second-order valence-corrected chi connectivity index (χ2v) is 6.23. The zero-order valence-corrected chi connectivity index (χ0v) is 13.6. The minimum atomic E-state index is 0.154. The molecular formula is C16H18BrN3O. The van der Waals surface area contributed by atoms with Gasteiger partial charge in [-0.15, -0.1) is 0 Å². The number of aromatic nitrogens is 2. The van der Waals surface area contributed by atoms with Gasteiger partial charge in [-0.3, -0.25) is 0 Å². The summed E-state index contributed by atoms with van der Waals surface area (Å²) in [5.41, 5.74) is 2.07. The minimum absolute atomic E-state index is 0.154. The van der Waals surface area contributed by atoms with Crippen molar-refractivity contribution >= 4 is 27.0 Å². The minimum Gasteiger partial charge on any atom is -0.453 e. The van der Waals surface area contributed by atoms with Crippen molar-refractivity contribution in [3.8, 4) is 0 Å². The summed E-state index contributed by atoms with van der Waals surface area (Å²) in [6, 6.07) is 12.1. The van der Waals surface area contributed by atoms with Gasteiger partial charge in [-0.2, -0.15) is 0 Å². The smallest absolute Gasteiger partial charge is 0.169 e. The second-order valence-electron chi connectivity index (χ2n) is 5.45. The van der Waals surface area contributed by atoms with Gasteiger partial charge in [0.15, 0.2) is 4.67 Å². The number of halogens is 1. The van der Waals surface area contributed by atoms with E-state index in [1.54, 1.807) is 0 Å². The predicted octanol–water partition coefficient (Wildman–Crippen LogP) is 4.41. The molecule has 0 aliphatic rings. The third kappa shape index (κ3) is 3.19. The van der Waals surface area contributed by atoms with Gasteiger partial charge in [0.1, 0.15) is 11.6 Å². The zero-order chi connectivity index (χ0) is 14.8. The molecule has 0 spiro atoms. The van der Waals surface area contributed by atoms with E-state index in [1.807, 2.05) is 36.4 Å². The number of nitrogens with zero attached hydrogens (tertiary/aromatic N) is 1. The molecule has 0 bridgehead atoms. The molecule has 5 heteroatoms. The fourth-order valence-electron chi connectivity index (χ4n) is 2.43. The number of nitrogens with one attached hydrogen (secondary N) is 2. The van der Waals surface area contributed by atoms with E-state index in [-0.39, 0.29) is 6.04 Å². The molecule has 2 aromatic heterocycles. The van der Waals surface area contributed by atoms with Gasteiger partial charge in [-0.25, -0.2) is 4.98 Å². The van der Waals surface area contributed by atoms with Crippen molar-refractivity contribution in [1.29, 1.82) is 0 Å². The van der Waals surface area contributed by atoms with E-state index in [0.29, 0.717) is 12.5 Å². The summed E-state index contributed by atoms with van der Waals surface area (Å²) < 4.78 is 6.29. The molecule has 4 nitrogen and oxygen atoms in total. The Morgan fingerprint density at radius 3 is 2.71 bits per heavy atom. The number of rotatable bonds is 5. The van der Waals surface area contributed by atoms with Gasteiger partial charge in [-0.05, 0) is 46.1 Å². The molecule has 3 aromatic rings. The number of H-pyrrole nitrogens is 1. The lowest BCUT2D eigenvalue weighted by atomic mass is 10.0. The number of hydrogen-bond donors (Lipinski definition) is 2. The Balaban J connectivity index is 1.80. The van der Waals surface area contributed by atoms with Crippen LogP contribution >= 0.6 is 15.9 Å². The summed E-state index contributed by atoms with van der Waals surface area (Å²) >= 11 is 3.32. The maximum absolute atomic E-state index is 5.53. The van der Waals surface area contributed by atoms with Gasteiger partial charge >= 0.3 is 0 Å². The molecule has 2 heterocycles. The van der Waals surface area contributed by atoms with Gasteiger partial charge in [0.05, 0.1) is 23.6 Å². The van der Waals surface area contributed by atoms with E-state index >= 15 is 0 Å². The number of fused-ring (bicyclic) bond motifs is 1. The van der Waals surface area contributed by atoms with E-state index in [9.17, 15) is 0 Å². The number of para-hydroxylation sites is 2. The highest BCUT2D eigenvalue weighted by Gasteiger charge is 2.19. The standard InChI is InChI=1S/C16H18BrN3O/c1-10(2)15(18-9-11-7-8-14(17)21-11)16-19-12-5-3-4-6-13(12)20-16/h3-8,10,15,18H,9H2,1-2H3,(H,19,20). The molecule has 0 fully saturated rings. The monoisotopic (exact) mass is 347 g/mol. The molecule has 0 radical (unpaired) electrons. The molecule has 1 unspecified atom stereocenters. The first-order valence-corrected chi connectivity index (χ1v) is 7.85. The molecule has 0 saturated carbocycles. The van der Waals surface area contributed by atoms with Crippen LogP contribution in [0.25, 0.3) is 11.0 Å². The first kappa shape index (κ1) is 14.4. The molecule has 0 aliphatic carbocycles. The molecule has 0 saturated heterocycles. The fourth-order valence-corrected chi connectivity index (χ4v) is 2.77. The Kier molecular flexibility index (Phi) is 4.12. The molecule has 1 atom stereocenters. The second kappa shape index (κ2) is 6.03. The van der Waals surface area contributed by atoms with Crippen LogP contribution in [-0.2, 0) is 6.54 Å². The number of aromatic amines is 1. The topological polar surface area (TPSA) is 53.9 Å². The summed E-state index contributed by atoms with van der Waals surface area (Å²) in [5.74, 6) is 2.30. The van der Waals surface area contributed by atoms with Gasteiger partial charge in [0.2, 0.25) is 0 Å². The fraction of sp³-hybridized carbons (Fsp3) is 0.312. The number of furan rings is 1. The molecule has 3 rings (SSSR count). The largest absolute Gasteiger partial charge is 0.453 e. The van der Waals surface area contributed by atoms with Crippen LogP contribution < -0.4 is 5.32 Å². The van der Waals surface area contributed by atoms with Crippen LogP contribution in [-0.4, -0.2) is 9.97 Å². The lowest BCUT2D eigenvalue weighted by molar-refractivity contribution is 0.369. The maximum atomic E-state index is 5.53. The summed E-state index contributed by atoms with van der Waals surface area (Å²) in [6.45, 7) is 5.04. The summed E-state index contributed by atoms with van der Waals surface area (Å²) in [5, 5.41) is 3.52. The Bertz CT molecular complexity index is 699. The van der Waals surface area contributed by atoms with Crippen LogP contribution in [0.2, 0.25) is 0 Å². The van der Waals surface area contributed by atoms with E-state index < -0.39 is 0 Å². The molecule has 2 N–H and O–H groups in total. The van der Waals surface area contributed by atoms with E-state index in [2.05, 4.69) is 40.1 Å². The number of imidazole rings is 1.